The number of hydrogen-bond acceptors (Lipinski definition) is 2. The van der Waals surface area contributed by atoms with Crippen molar-refractivity contribution in [3.63, 3.8) is 0 Å². The molecule has 0 bridgehead atoms. The number of nitrogens with one attached hydrogen (secondary N) is 1. The highest BCUT2D eigenvalue weighted by molar-refractivity contribution is 6.30. The van der Waals surface area contributed by atoms with Crippen molar-refractivity contribution in [3.05, 3.63) is 59.1 Å². The summed E-state index contributed by atoms with van der Waals surface area (Å²) in [6.45, 7) is 0.669. The van der Waals surface area contributed by atoms with Crippen molar-refractivity contribution in [2.45, 2.75) is 6.42 Å². The Morgan fingerprint density at radius 1 is 1.18 bits per heavy atom. The predicted molar refractivity (Wildman–Crippen MR) is 67.8 cm³/mol. The van der Waals surface area contributed by atoms with E-state index < -0.39 is 0 Å². The van der Waals surface area contributed by atoms with Crippen molar-refractivity contribution in [1.29, 1.82) is 0 Å². The Kier molecular flexibility index (Phi) is 3.94. The van der Waals surface area contributed by atoms with Gasteiger partial charge >= 0.3 is 0 Å². The van der Waals surface area contributed by atoms with Crippen molar-refractivity contribution in [2.24, 2.45) is 0 Å². The van der Waals surface area contributed by atoms with Crippen molar-refractivity contribution in [2.75, 3.05) is 11.9 Å². The topological polar surface area (TPSA) is 24.9 Å². The van der Waals surface area contributed by atoms with Crippen molar-refractivity contribution in [3.8, 4) is 0 Å². The molecule has 2 aromatic rings. The monoisotopic (exact) mass is 250 g/mol. The van der Waals surface area contributed by atoms with E-state index in [0.29, 0.717) is 17.3 Å². The van der Waals surface area contributed by atoms with E-state index in [1.807, 2.05) is 12.1 Å². The van der Waals surface area contributed by atoms with E-state index in [-0.39, 0.29) is 5.82 Å². The Morgan fingerprint density at radius 3 is 2.65 bits per heavy atom. The summed E-state index contributed by atoms with van der Waals surface area (Å²) < 4.78 is 13.4. The number of halogens is 2. The number of pyridine rings is 1. The van der Waals surface area contributed by atoms with Gasteiger partial charge in [0.2, 0.25) is 0 Å². The standard InChI is InChI=1S/C13H12ClFN2/c14-11-1-2-13(12(15)9-11)17-8-5-10-3-6-16-7-4-10/h1-4,6-7,9,17H,5,8H2. The number of anilines is 1. The summed E-state index contributed by atoms with van der Waals surface area (Å²) in [6.07, 6.45) is 4.32. The molecule has 4 heteroatoms. The van der Waals surface area contributed by atoms with Gasteiger partial charge in [-0.3, -0.25) is 4.98 Å². The maximum absolute atomic E-state index is 13.4. The molecule has 1 aromatic heterocycles. The molecule has 0 radical (unpaired) electrons. The van der Waals surface area contributed by atoms with Gasteiger partial charge in [0.25, 0.3) is 0 Å². The smallest absolute Gasteiger partial charge is 0.147 e. The lowest BCUT2D eigenvalue weighted by Gasteiger charge is -2.07. The van der Waals surface area contributed by atoms with Gasteiger partial charge in [-0.25, -0.2) is 4.39 Å². The van der Waals surface area contributed by atoms with E-state index in [4.69, 9.17) is 11.6 Å². The first kappa shape index (κ1) is 11.9. The van der Waals surface area contributed by atoms with Gasteiger partial charge in [0.05, 0.1) is 5.69 Å². The lowest BCUT2D eigenvalue weighted by atomic mass is 10.2. The summed E-state index contributed by atoms with van der Waals surface area (Å²) in [5.41, 5.74) is 1.64. The minimum Gasteiger partial charge on any atom is -0.382 e. The van der Waals surface area contributed by atoms with E-state index >= 15 is 0 Å². The molecule has 2 rings (SSSR count). The van der Waals surface area contributed by atoms with Crippen LogP contribution in [0.2, 0.25) is 5.02 Å². The molecule has 0 aliphatic rings. The van der Waals surface area contributed by atoms with Gasteiger partial charge in [-0.05, 0) is 42.3 Å². The Morgan fingerprint density at radius 2 is 1.94 bits per heavy atom. The Balaban J connectivity index is 1.90. The molecule has 1 N–H and O–H groups in total. The fourth-order valence-electron chi connectivity index (χ4n) is 1.52. The maximum atomic E-state index is 13.4. The van der Waals surface area contributed by atoms with Gasteiger partial charge in [0.1, 0.15) is 5.82 Å². The van der Waals surface area contributed by atoms with E-state index in [9.17, 15) is 4.39 Å². The van der Waals surface area contributed by atoms with Crippen LogP contribution in [-0.4, -0.2) is 11.5 Å². The number of benzene rings is 1. The molecule has 0 aliphatic carbocycles. The predicted octanol–water partition coefficient (Wildman–Crippen LogP) is 3.53. The minimum atomic E-state index is -0.327. The maximum Gasteiger partial charge on any atom is 0.147 e. The SMILES string of the molecule is Fc1cc(Cl)ccc1NCCc1ccncc1. The van der Waals surface area contributed by atoms with Crippen LogP contribution in [0.25, 0.3) is 0 Å². The van der Waals surface area contributed by atoms with E-state index in [0.717, 1.165) is 6.42 Å². The summed E-state index contributed by atoms with van der Waals surface area (Å²) >= 11 is 5.67. The zero-order valence-electron chi connectivity index (χ0n) is 9.16. The molecule has 1 aromatic carbocycles. The fraction of sp³-hybridized carbons (Fsp3) is 0.154. The van der Waals surface area contributed by atoms with Crippen LogP contribution in [-0.2, 0) is 6.42 Å². The van der Waals surface area contributed by atoms with Crippen LogP contribution in [0.5, 0.6) is 0 Å². The van der Waals surface area contributed by atoms with Crippen molar-refractivity contribution in [1.82, 2.24) is 4.98 Å². The van der Waals surface area contributed by atoms with Crippen LogP contribution in [0.15, 0.2) is 42.7 Å². The number of nitrogens with zero attached hydrogens (tertiary/aromatic N) is 1. The Hall–Kier alpha value is -1.61. The number of hydrogen-bond donors (Lipinski definition) is 1. The summed E-state index contributed by atoms with van der Waals surface area (Å²) in [6, 6.07) is 8.50. The average Bonchev–Trinajstić information content (AvgIpc) is 2.33. The van der Waals surface area contributed by atoms with Crippen LogP contribution < -0.4 is 5.32 Å². The fourth-order valence-corrected chi connectivity index (χ4v) is 1.68. The van der Waals surface area contributed by atoms with Crippen LogP contribution in [0.3, 0.4) is 0 Å². The van der Waals surface area contributed by atoms with Crippen LogP contribution >= 0.6 is 11.6 Å². The van der Waals surface area contributed by atoms with Crippen LogP contribution in [0.1, 0.15) is 5.56 Å². The van der Waals surface area contributed by atoms with E-state index in [2.05, 4.69) is 10.3 Å². The molecule has 0 unspecified atom stereocenters. The number of rotatable bonds is 4. The second-order valence-electron chi connectivity index (χ2n) is 3.66. The highest BCUT2D eigenvalue weighted by Crippen LogP contribution is 2.18. The van der Waals surface area contributed by atoms with Crippen LogP contribution in [0.4, 0.5) is 10.1 Å². The third-order valence-corrected chi connectivity index (χ3v) is 2.64. The quantitative estimate of drug-likeness (QED) is 0.898. The molecule has 0 saturated heterocycles. The summed E-state index contributed by atoms with van der Waals surface area (Å²) in [4.78, 5) is 3.94. The second kappa shape index (κ2) is 5.64. The summed E-state index contributed by atoms with van der Waals surface area (Å²) in [5, 5.41) is 3.44. The molecule has 0 amide bonds. The van der Waals surface area contributed by atoms with Gasteiger partial charge in [0, 0.05) is 24.0 Å². The molecule has 2 nitrogen and oxygen atoms in total. The average molecular weight is 251 g/mol. The summed E-state index contributed by atoms with van der Waals surface area (Å²) in [7, 11) is 0. The highest BCUT2D eigenvalue weighted by atomic mass is 35.5. The molecule has 0 fully saturated rings. The van der Waals surface area contributed by atoms with Crippen molar-refractivity contribution >= 4 is 17.3 Å². The highest BCUT2D eigenvalue weighted by Gasteiger charge is 2.01. The molecule has 0 aliphatic heterocycles. The van der Waals surface area contributed by atoms with Crippen molar-refractivity contribution < 1.29 is 4.39 Å². The van der Waals surface area contributed by atoms with Gasteiger partial charge in [-0.1, -0.05) is 11.6 Å². The number of aromatic nitrogens is 1. The van der Waals surface area contributed by atoms with Gasteiger partial charge < -0.3 is 5.32 Å². The minimum absolute atomic E-state index is 0.327. The molecule has 1 heterocycles. The Labute approximate surface area is 104 Å². The molecular formula is C13H12ClFN2. The lowest BCUT2D eigenvalue weighted by Crippen LogP contribution is -2.06. The van der Waals surface area contributed by atoms with Gasteiger partial charge in [-0.2, -0.15) is 0 Å². The second-order valence-corrected chi connectivity index (χ2v) is 4.09. The third kappa shape index (κ3) is 3.43. The Bertz CT molecular complexity index is 488. The lowest BCUT2D eigenvalue weighted by molar-refractivity contribution is 0.630. The third-order valence-electron chi connectivity index (χ3n) is 2.41. The first-order valence-corrected chi connectivity index (χ1v) is 5.71. The first-order valence-electron chi connectivity index (χ1n) is 5.33. The molecule has 0 atom stereocenters. The molecule has 0 saturated carbocycles. The zero-order valence-corrected chi connectivity index (χ0v) is 9.91. The van der Waals surface area contributed by atoms with E-state index in [1.54, 1.807) is 24.5 Å². The molecule has 88 valence electrons. The molecular weight excluding hydrogens is 239 g/mol. The zero-order chi connectivity index (χ0) is 12.1. The van der Waals surface area contributed by atoms with Gasteiger partial charge in [-0.15, -0.1) is 0 Å². The van der Waals surface area contributed by atoms with E-state index in [1.165, 1.54) is 11.6 Å². The molecule has 17 heavy (non-hydrogen) atoms. The first-order chi connectivity index (χ1) is 8.25. The summed E-state index contributed by atoms with van der Waals surface area (Å²) in [5.74, 6) is -0.327. The normalized spacial score (nSPS) is 10.2. The molecule has 0 spiro atoms. The largest absolute Gasteiger partial charge is 0.382 e. The van der Waals surface area contributed by atoms with Gasteiger partial charge in [0.15, 0.2) is 0 Å². The van der Waals surface area contributed by atoms with Crippen LogP contribution in [0, 0.1) is 5.82 Å².